The van der Waals surface area contributed by atoms with Gasteiger partial charge < -0.3 is 14.8 Å². The van der Waals surface area contributed by atoms with Gasteiger partial charge >= 0.3 is 0 Å². The third kappa shape index (κ3) is 5.03. The molecule has 1 aliphatic heterocycles. The zero-order valence-electron chi connectivity index (χ0n) is 18.8. The molecule has 2 atom stereocenters. The van der Waals surface area contributed by atoms with E-state index < -0.39 is 10.0 Å². The number of para-hydroxylation sites is 1. The lowest BCUT2D eigenvalue weighted by molar-refractivity contribution is 0.305. The van der Waals surface area contributed by atoms with Crippen LogP contribution in [0.15, 0.2) is 67.1 Å². The average Bonchev–Trinajstić information content (AvgIpc) is 3.23. The first kappa shape index (κ1) is 22.5. The van der Waals surface area contributed by atoms with E-state index in [2.05, 4.69) is 52.1 Å². The molecule has 0 spiro atoms. The molecule has 0 fully saturated rings. The summed E-state index contributed by atoms with van der Waals surface area (Å²) in [6.07, 6.45) is 5.53. The van der Waals surface area contributed by atoms with E-state index in [0.717, 1.165) is 29.1 Å². The predicted octanol–water partition coefficient (Wildman–Crippen LogP) is 2.91. The van der Waals surface area contributed by atoms with Gasteiger partial charge in [-0.15, -0.1) is 0 Å². The minimum Gasteiger partial charge on any atom is -0.360 e. The number of rotatable bonds is 7. The average molecular weight is 454 g/mol. The molecule has 1 unspecified atom stereocenters. The number of hydrogen-bond donors (Lipinski definition) is 1. The summed E-state index contributed by atoms with van der Waals surface area (Å²) in [5.74, 6) is 0. The zero-order chi connectivity index (χ0) is 22.7. The van der Waals surface area contributed by atoms with Crippen LogP contribution in [0.5, 0.6) is 0 Å². The maximum atomic E-state index is 12.9. The molecule has 1 aromatic heterocycles. The predicted molar refractivity (Wildman–Crippen MR) is 128 cm³/mol. The number of fused-ring (bicyclic) bond motifs is 1. The molecule has 2 aromatic carbocycles. The number of likely N-dealkylation sites (N-methyl/N-ethyl adjacent to an activating group) is 1. The third-order valence-corrected chi connectivity index (χ3v) is 7.25. The summed E-state index contributed by atoms with van der Waals surface area (Å²) >= 11 is 0. The van der Waals surface area contributed by atoms with Gasteiger partial charge in [0.05, 0.1) is 30.5 Å². The molecule has 2 heterocycles. The number of imidazole rings is 1. The molecule has 3 aromatic rings. The molecule has 0 saturated carbocycles. The van der Waals surface area contributed by atoms with Gasteiger partial charge in [0.2, 0.25) is 10.0 Å². The molecule has 1 aliphatic rings. The summed E-state index contributed by atoms with van der Waals surface area (Å²) in [7, 11) is 0.695. The smallest absolute Gasteiger partial charge is 0.211 e. The molecule has 1 N–H and O–H groups in total. The number of aromatic nitrogens is 2. The highest BCUT2D eigenvalue weighted by molar-refractivity contribution is 7.88. The Morgan fingerprint density at radius 3 is 2.50 bits per heavy atom. The van der Waals surface area contributed by atoms with E-state index in [1.54, 1.807) is 10.6 Å². The first-order valence-electron chi connectivity index (χ1n) is 10.8. The first-order chi connectivity index (χ1) is 15.3. The summed E-state index contributed by atoms with van der Waals surface area (Å²) in [5.41, 5.74) is 4.22. The molecular weight excluding hydrogens is 422 g/mol. The van der Waals surface area contributed by atoms with Crippen LogP contribution in [0.1, 0.15) is 22.9 Å². The Morgan fingerprint density at radius 1 is 1.12 bits per heavy atom. The number of hydrogen-bond acceptors (Lipinski definition) is 5. The molecule has 170 valence electrons. The van der Waals surface area contributed by atoms with E-state index in [9.17, 15) is 8.42 Å². The number of aromatic amines is 1. The Labute approximate surface area is 190 Å². The van der Waals surface area contributed by atoms with Crippen molar-refractivity contribution in [2.75, 3.05) is 38.3 Å². The minimum absolute atomic E-state index is 0.00596. The van der Waals surface area contributed by atoms with E-state index in [4.69, 9.17) is 0 Å². The quantitative estimate of drug-likeness (QED) is 0.596. The fourth-order valence-electron chi connectivity index (χ4n) is 4.53. The van der Waals surface area contributed by atoms with Crippen LogP contribution in [0.25, 0.3) is 0 Å². The van der Waals surface area contributed by atoms with Crippen molar-refractivity contribution in [1.29, 1.82) is 0 Å². The fraction of sp³-hybridized carbons (Fsp3) is 0.375. The Hall–Kier alpha value is -2.68. The molecule has 0 saturated heterocycles. The second-order valence-corrected chi connectivity index (χ2v) is 10.7. The van der Waals surface area contributed by atoms with E-state index in [1.807, 2.05) is 42.6 Å². The van der Waals surface area contributed by atoms with Crippen LogP contribution < -0.4 is 4.90 Å². The van der Waals surface area contributed by atoms with Crippen LogP contribution in [0.4, 0.5) is 5.69 Å². The van der Waals surface area contributed by atoms with Gasteiger partial charge in [0, 0.05) is 31.4 Å². The van der Waals surface area contributed by atoms with Crippen LogP contribution in [-0.4, -0.2) is 67.1 Å². The Bertz CT molecular complexity index is 1120. The Morgan fingerprint density at radius 2 is 1.84 bits per heavy atom. The maximum absolute atomic E-state index is 12.9. The zero-order valence-corrected chi connectivity index (χ0v) is 19.7. The molecule has 0 aliphatic carbocycles. The maximum Gasteiger partial charge on any atom is 0.211 e. The van der Waals surface area contributed by atoms with E-state index in [1.165, 1.54) is 6.26 Å². The lowest BCUT2D eigenvalue weighted by Gasteiger charge is -2.37. The van der Waals surface area contributed by atoms with Gasteiger partial charge in [-0.1, -0.05) is 48.5 Å². The highest BCUT2D eigenvalue weighted by Gasteiger charge is 2.36. The van der Waals surface area contributed by atoms with Gasteiger partial charge in [0.15, 0.2) is 0 Å². The second-order valence-electron chi connectivity index (χ2n) is 8.72. The van der Waals surface area contributed by atoms with Gasteiger partial charge in [-0.25, -0.2) is 13.4 Å². The normalized spacial score (nSPS) is 18.4. The molecule has 7 nitrogen and oxygen atoms in total. The Kier molecular flexibility index (Phi) is 6.64. The number of nitrogens with one attached hydrogen (secondary N) is 1. The standard InChI is InChI=1S/C24H31N5O2S/c1-27(2)17-24(22-14-25-18-26-22)28-16-21(13-19-9-5-4-6-10-19)29(32(3,30)31)15-20-11-7-8-12-23(20)28/h4-12,14,18,21,24H,13,15-17H2,1-3H3,(H,25,26)/t21-,24?/m1/s1. The van der Waals surface area contributed by atoms with E-state index in [0.29, 0.717) is 19.5 Å². The topological polar surface area (TPSA) is 72.5 Å². The molecule has 0 radical (unpaired) electrons. The fourth-order valence-corrected chi connectivity index (χ4v) is 5.59. The van der Waals surface area contributed by atoms with Crippen molar-refractivity contribution in [1.82, 2.24) is 19.2 Å². The summed E-state index contributed by atoms with van der Waals surface area (Å²) in [6, 6.07) is 18.1. The van der Waals surface area contributed by atoms with Crippen LogP contribution in [-0.2, 0) is 23.0 Å². The number of benzene rings is 2. The Balaban J connectivity index is 1.81. The highest BCUT2D eigenvalue weighted by atomic mass is 32.2. The van der Waals surface area contributed by atoms with Crippen LogP contribution in [0, 0.1) is 0 Å². The molecule has 8 heteroatoms. The molecule has 0 amide bonds. The largest absolute Gasteiger partial charge is 0.360 e. The van der Waals surface area contributed by atoms with Crippen molar-refractivity contribution in [3.05, 3.63) is 83.9 Å². The number of H-pyrrole nitrogens is 1. The summed E-state index contributed by atoms with van der Waals surface area (Å²) < 4.78 is 27.5. The van der Waals surface area contributed by atoms with E-state index >= 15 is 0 Å². The van der Waals surface area contributed by atoms with Crippen molar-refractivity contribution in [2.24, 2.45) is 0 Å². The van der Waals surface area contributed by atoms with Gasteiger partial charge in [-0.3, -0.25) is 0 Å². The molecular formula is C24H31N5O2S. The second kappa shape index (κ2) is 9.44. The lowest BCUT2D eigenvalue weighted by atomic mass is 10.0. The van der Waals surface area contributed by atoms with E-state index in [-0.39, 0.29) is 12.1 Å². The van der Waals surface area contributed by atoms with Crippen LogP contribution in [0.2, 0.25) is 0 Å². The first-order valence-corrected chi connectivity index (χ1v) is 12.7. The molecule has 32 heavy (non-hydrogen) atoms. The number of nitrogens with zero attached hydrogens (tertiary/aromatic N) is 4. The van der Waals surface area contributed by atoms with Crippen molar-refractivity contribution in [2.45, 2.75) is 25.0 Å². The summed E-state index contributed by atoms with van der Waals surface area (Å²) in [4.78, 5) is 12.0. The molecule has 0 bridgehead atoms. The van der Waals surface area contributed by atoms with Crippen LogP contribution in [0.3, 0.4) is 0 Å². The van der Waals surface area contributed by atoms with Gasteiger partial charge in [0.25, 0.3) is 0 Å². The monoisotopic (exact) mass is 453 g/mol. The summed E-state index contributed by atoms with van der Waals surface area (Å²) in [5, 5.41) is 0. The van der Waals surface area contributed by atoms with Crippen molar-refractivity contribution in [3.8, 4) is 0 Å². The lowest BCUT2D eigenvalue weighted by Crippen LogP contribution is -2.47. The summed E-state index contributed by atoms with van der Waals surface area (Å²) in [6.45, 7) is 1.71. The number of sulfonamides is 1. The highest BCUT2D eigenvalue weighted by Crippen LogP contribution is 2.35. The SMILES string of the molecule is CN(C)CC(c1cnc[nH]1)N1C[C@@H](Cc2ccccc2)N(S(C)(=O)=O)Cc2ccccc21. The number of anilines is 1. The van der Waals surface area contributed by atoms with Crippen LogP contribution >= 0.6 is 0 Å². The van der Waals surface area contributed by atoms with Crippen molar-refractivity contribution in [3.63, 3.8) is 0 Å². The minimum atomic E-state index is -3.41. The van der Waals surface area contributed by atoms with Gasteiger partial charge in [-0.05, 0) is 37.7 Å². The van der Waals surface area contributed by atoms with Gasteiger partial charge in [0.1, 0.15) is 0 Å². The van der Waals surface area contributed by atoms with Crippen molar-refractivity contribution >= 4 is 15.7 Å². The third-order valence-electron chi connectivity index (χ3n) is 5.97. The molecule has 4 rings (SSSR count). The van der Waals surface area contributed by atoms with Crippen molar-refractivity contribution < 1.29 is 8.42 Å². The van der Waals surface area contributed by atoms with Gasteiger partial charge in [-0.2, -0.15) is 4.31 Å².